The van der Waals surface area contributed by atoms with E-state index in [2.05, 4.69) is 17.4 Å². The Morgan fingerprint density at radius 1 is 0.927 bits per heavy atom. The first kappa shape index (κ1) is 28.2. The third-order valence-electron chi connectivity index (χ3n) is 7.15. The van der Waals surface area contributed by atoms with E-state index in [1.165, 1.54) is 12.1 Å². The van der Waals surface area contributed by atoms with Gasteiger partial charge < -0.3 is 24.3 Å². The first-order valence-corrected chi connectivity index (χ1v) is 13.6. The predicted molar refractivity (Wildman–Crippen MR) is 156 cm³/mol. The van der Waals surface area contributed by atoms with E-state index in [1.54, 1.807) is 43.5 Å². The lowest BCUT2D eigenvalue weighted by molar-refractivity contribution is -0.139. The number of methoxy groups -OCH3 is 1. The van der Waals surface area contributed by atoms with Crippen LogP contribution < -0.4 is 14.8 Å². The SMILES string of the molecule is COc1ccc(C(=O)OC2C(OCCc3ccccc3)c3cc(NCc4ccc(F)cc4)ccc3OC2(C)C)cc1. The van der Waals surface area contributed by atoms with Crippen LogP contribution in [-0.4, -0.2) is 31.4 Å². The zero-order chi connectivity index (χ0) is 28.8. The van der Waals surface area contributed by atoms with E-state index < -0.39 is 23.8 Å². The molecule has 0 aromatic heterocycles. The number of esters is 1. The van der Waals surface area contributed by atoms with E-state index in [1.807, 2.05) is 50.2 Å². The summed E-state index contributed by atoms with van der Waals surface area (Å²) in [5.74, 6) is 0.580. The molecular weight excluding hydrogens is 521 g/mol. The van der Waals surface area contributed by atoms with E-state index in [4.69, 9.17) is 18.9 Å². The number of ether oxygens (including phenoxy) is 4. The second kappa shape index (κ2) is 12.4. The molecular formula is C34H34FNO5. The Balaban J connectivity index is 1.41. The molecule has 0 radical (unpaired) electrons. The molecule has 1 aliphatic rings. The number of hydrogen-bond donors (Lipinski definition) is 1. The fourth-order valence-electron chi connectivity index (χ4n) is 4.89. The number of fused-ring (bicyclic) bond motifs is 1. The Bertz CT molecular complexity index is 1460. The minimum absolute atomic E-state index is 0.270. The molecule has 4 aromatic carbocycles. The van der Waals surface area contributed by atoms with E-state index >= 15 is 0 Å². The molecule has 2 unspecified atom stereocenters. The summed E-state index contributed by atoms with van der Waals surface area (Å²) in [5, 5.41) is 3.39. The van der Waals surface area contributed by atoms with Gasteiger partial charge in [-0.1, -0.05) is 42.5 Å². The normalized spacial score (nSPS) is 17.2. The summed E-state index contributed by atoms with van der Waals surface area (Å²) in [7, 11) is 1.58. The lowest BCUT2D eigenvalue weighted by atomic mass is 9.87. The molecule has 0 aliphatic carbocycles. The number of anilines is 1. The number of benzene rings is 4. The van der Waals surface area contributed by atoms with Crippen molar-refractivity contribution in [2.75, 3.05) is 19.0 Å². The lowest BCUT2D eigenvalue weighted by Crippen LogP contribution is -2.51. The first-order chi connectivity index (χ1) is 19.8. The molecule has 2 atom stereocenters. The van der Waals surface area contributed by atoms with Crippen molar-refractivity contribution >= 4 is 11.7 Å². The van der Waals surface area contributed by atoms with E-state index in [9.17, 15) is 9.18 Å². The van der Waals surface area contributed by atoms with E-state index in [-0.39, 0.29) is 5.82 Å². The Labute approximate surface area is 240 Å². The van der Waals surface area contributed by atoms with Crippen molar-refractivity contribution in [3.63, 3.8) is 0 Å². The highest BCUT2D eigenvalue weighted by atomic mass is 19.1. The molecule has 0 saturated carbocycles. The number of halogens is 1. The van der Waals surface area contributed by atoms with Gasteiger partial charge in [0.25, 0.3) is 0 Å². The summed E-state index contributed by atoms with van der Waals surface area (Å²) in [5.41, 5.74) is 3.27. The highest BCUT2D eigenvalue weighted by molar-refractivity contribution is 5.89. The molecule has 0 fully saturated rings. The highest BCUT2D eigenvalue weighted by Crippen LogP contribution is 2.44. The van der Waals surface area contributed by atoms with Gasteiger partial charge in [-0.15, -0.1) is 0 Å². The van der Waals surface area contributed by atoms with Crippen molar-refractivity contribution in [1.82, 2.24) is 0 Å². The van der Waals surface area contributed by atoms with Crippen LogP contribution in [0.4, 0.5) is 10.1 Å². The van der Waals surface area contributed by atoms with Crippen molar-refractivity contribution in [2.45, 2.75) is 44.6 Å². The summed E-state index contributed by atoms with van der Waals surface area (Å²) >= 11 is 0. The molecule has 6 nitrogen and oxygen atoms in total. The third-order valence-corrected chi connectivity index (χ3v) is 7.15. The zero-order valence-electron chi connectivity index (χ0n) is 23.4. The van der Waals surface area contributed by atoms with Crippen molar-refractivity contribution in [3.8, 4) is 11.5 Å². The smallest absolute Gasteiger partial charge is 0.338 e. The number of nitrogens with one attached hydrogen (secondary N) is 1. The van der Waals surface area contributed by atoms with E-state index in [0.29, 0.717) is 36.6 Å². The largest absolute Gasteiger partial charge is 0.497 e. The molecule has 0 amide bonds. The van der Waals surface area contributed by atoms with Gasteiger partial charge in [-0.25, -0.2) is 9.18 Å². The Kier molecular flexibility index (Phi) is 8.55. The van der Waals surface area contributed by atoms with Crippen LogP contribution in [0.2, 0.25) is 0 Å². The number of hydrogen-bond acceptors (Lipinski definition) is 6. The average Bonchev–Trinajstić information content (AvgIpc) is 2.98. The van der Waals surface area contributed by atoms with Crippen LogP contribution in [0.1, 0.15) is 47.0 Å². The molecule has 7 heteroatoms. The van der Waals surface area contributed by atoms with Gasteiger partial charge in [0.05, 0.1) is 19.3 Å². The summed E-state index contributed by atoms with van der Waals surface area (Å²) in [4.78, 5) is 13.3. The van der Waals surface area contributed by atoms with Crippen LogP contribution >= 0.6 is 0 Å². The topological polar surface area (TPSA) is 66.0 Å². The van der Waals surface area contributed by atoms with Crippen molar-refractivity contribution in [3.05, 3.63) is 125 Å². The number of carbonyl (C=O) groups is 1. The van der Waals surface area contributed by atoms with Crippen LogP contribution in [-0.2, 0) is 22.4 Å². The average molecular weight is 556 g/mol. The van der Waals surface area contributed by atoms with Gasteiger partial charge in [-0.05, 0) is 86.0 Å². The molecule has 41 heavy (non-hydrogen) atoms. The maximum absolute atomic E-state index is 13.3. The van der Waals surface area contributed by atoms with Crippen molar-refractivity contribution in [2.24, 2.45) is 0 Å². The minimum Gasteiger partial charge on any atom is -0.497 e. The van der Waals surface area contributed by atoms with Gasteiger partial charge >= 0.3 is 5.97 Å². The van der Waals surface area contributed by atoms with Crippen LogP contribution in [0.15, 0.2) is 97.1 Å². The van der Waals surface area contributed by atoms with Crippen LogP contribution in [0, 0.1) is 5.82 Å². The molecule has 212 valence electrons. The molecule has 1 N–H and O–H groups in total. The summed E-state index contributed by atoms with van der Waals surface area (Å²) in [6.07, 6.45) is -0.602. The lowest BCUT2D eigenvalue weighted by Gasteiger charge is -2.43. The summed E-state index contributed by atoms with van der Waals surface area (Å²) in [6.45, 7) is 4.74. The standard InChI is InChI=1S/C34H34FNO5/c1-34(2)32(40-33(37)25-11-16-28(38-3)17-12-25)31(39-20-19-23-7-5-4-6-8-23)29-21-27(15-18-30(29)41-34)36-22-24-9-13-26(35)14-10-24/h4-18,21,31-32,36H,19-20,22H2,1-3H3. The fraction of sp³-hybridized carbons (Fsp3) is 0.265. The van der Waals surface area contributed by atoms with Crippen molar-refractivity contribution < 1.29 is 28.1 Å². The van der Waals surface area contributed by atoms with Crippen LogP contribution in [0.5, 0.6) is 11.5 Å². The molecule has 1 heterocycles. The molecule has 0 bridgehead atoms. The van der Waals surface area contributed by atoms with Gasteiger partial charge in [0, 0.05) is 17.8 Å². The molecule has 4 aromatic rings. The molecule has 1 aliphatic heterocycles. The number of rotatable bonds is 10. The highest BCUT2D eigenvalue weighted by Gasteiger charge is 2.47. The molecule has 5 rings (SSSR count). The van der Waals surface area contributed by atoms with Gasteiger partial charge in [-0.2, -0.15) is 0 Å². The second-order valence-corrected chi connectivity index (χ2v) is 10.5. The van der Waals surface area contributed by atoms with Gasteiger partial charge in [0.15, 0.2) is 6.10 Å². The zero-order valence-corrected chi connectivity index (χ0v) is 23.4. The fourth-order valence-corrected chi connectivity index (χ4v) is 4.89. The Morgan fingerprint density at radius 3 is 2.37 bits per heavy atom. The predicted octanol–water partition coefficient (Wildman–Crippen LogP) is 7.14. The maximum atomic E-state index is 13.3. The summed E-state index contributed by atoms with van der Waals surface area (Å²) in [6, 6.07) is 29.1. The monoisotopic (exact) mass is 555 g/mol. The Morgan fingerprint density at radius 2 is 1.66 bits per heavy atom. The van der Waals surface area contributed by atoms with Crippen LogP contribution in [0.3, 0.4) is 0 Å². The molecule has 0 spiro atoms. The summed E-state index contributed by atoms with van der Waals surface area (Å²) < 4.78 is 37.6. The number of carbonyl (C=O) groups excluding carboxylic acids is 1. The van der Waals surface area contributed by atoms with Gasteiger partial charge in [-0.3, -0.25) is 0 Å². The quantitative estimate of drug-likeness (QED) is 0.210. The molecule has 0 saturated heterocycles. The maximum Gasteiger partial charge on any atom is 0.338 e. The third kappa shape index (κ3) is 6.87. The Hall–Kier alpha value is -4.36. The van der Waals surface area contributed by atoms with E-state index in [0.717, 1.165) is 22.4 Å². The van der Waals surface area contributed by atoms with Crippen molar-refractivity contribution in [1.29, 1.82) is 0 Å². The van der Waals surface area contributed by atoms with Crippen LogP contribution in [0.25, 0.3) is 0 Å². The first-order valence-electron chi connectivity index (χ1n) is 13.6. The minimum atomic E-state index is -0.865. The van der Waals surface area contributed by atoms with Gasteiger partial charge in [0.2, 0.25) is 0 Å². The van der Waals surface area contributed by atoms with Gasteiger partial charge in [0.1, 0.15) is 29.0 Å². The second-order valence-electron chi connectivity index (χ2n) is 10.5.